The number of aryl methyl sites for hydroxylation is 2. The number of rotatable bonds is 6. The van der Waals surface area contributed by atoms with Crippen LogP contribution in [0.2, 0.25) is 0 Å². The van der Waals surface area contributed by atoms with Crippen LogP contribution in [0.1, 0.15) is 33.4 Å². The fraction of sp³-hybridized carbons (Fsp3) is 0.211. The van der Waals surface area contributed by atoms with Gasteiger partial charge in [0.25, 0.3) is 5.91 Å². The number of thiazole rings is 1. The highest BCUT2D eigenvalue weighted by Gasteiger charge is 2.15. The van der Waals surface area contributed by atoms with Gasteiger partial charge in [-0.3, -0.25) is 9.78 Å². The fourth-order valence-electron chi connectivity index (χ4n) is 2.49. The molecule has 2 N–H and O–H groups in total. The third-order valence-corrected chi connectivity index (χ3v) is 4.89. The molecule has 0 saturated heterocycles. The summed E-state index contributed by atoms with van der Waals surface area (Å²) >= 11 is 1.37. The van der Waals surface area contributed by atoms with E-state index in [0.29, 0.717) is 11.4 Å². The monoisotopic (exact) mass is 352 g/mol. The van der Waals surface area contributed by atoms with E-state index >= 15 is 0 Å². The van der Waals surface area contributed by atoms with Gasteiger partial charge in [0, 0.05) is 24.6 Å². The van der Waals surface area contributed by atoms with Gasteiger partial charge < -0.3 is 10.6 Å². The second kappa shape index (κ2) is 7.90. The van der Waals surface area contributed by atoms with Gasteiger partial charge in [0.05, 0.1) is 5.69 Å². The number of carbonyl (C=O) groups excluding carboxylic acids is 1. The molecule has 3 rings (SSSR count). The molecule has 1 amide bonds. The van der Waals surface area contributed by atoms with Gasteiger partial charge in [0.1, 0.15) is 4.88 Å². The molecule has 0 fully saturated rings. The molecule has 0 spiro atoms. The van der Waals surface area contributed by atoms with E-state index in [2.05, 4.69) is 33.6 Å². The van der Waals surface area contributed by atoms with Gasteiger partial charge in [0.2, 0.25) is 0 Å². The molecule has 0 atom stereocenters. The van der Waals surface area contributed by atoms with E-state index in [-0.39, 0.29) is 5.91 Å². The van der Waals surface area contributed by atoms with E-state index in [4.69, 9.17) is 0 Å². The molecule has 2 heterocycles. The summed E-state index contributed by atoms with van der Waals surface area (Å²) < 4.78 is 0. The zero-order valence-electron chi connectivity index (χ0n) is 14.2. The minimum absolute atomic E-state index is 0.115. The van der Waals surface area contributed by atoms with Gasteiger partial charge in [-0.1, -0.05) is 42.5 Å². The summed E-state index contributed by atoms with van der Waals surface area (Å²) in [6.07, 6.45) is 4.39. The predicted molar refractivity (Wildman–Crippen MR) is 101 cm³/mol. The van der Waals surface area contributed by atoms with Crippen molar-refractivity contribution in [1.29, 1.82) is 0 Å². The number of carbonyl (C=O) groups is 1. The number of benzene rings is 1. The third-order valence-electron chi connectivity index (χ3n) is 3.82. The fourth-order valence-corrected chi connectivity index (χ4v) is 3.39. The quantitative estimate of drug-likeness (QED) is 0.701. The highest BCUT2D eigenvalue weighted by Crippen LogP contribution is 2.27. The first kappa shape index (κ1) is 17.1. The van der Waals surface area contributed by atoms with Crippen LogP contribution in [-0.2, 0) is 13.0 Å². The Hall–Kier alpha value is -2.73. The summed E-state index contributed by atoms with van der Waals surface area (Å²) in [6, 6.07) is 11.9. The van der Waals surface area contributed by atoms with Crippen molar-refractivity contribution in [2.75, 3.05) is 5.32 Å². The van der Waals surface area contributed by atoms with Crippen molar-refractivity contribution in [3.8, 4) is 0 Å². The number of pyridine rings is 1. The van der Waals surface area contributed by atoms with Crippen molar-refractivity contribution in [2.24, 2.45) is 0 Å². The molecule has 128 valence electrons. The van der Waals surface area contributed by atoms with Gasteiger partial charge in [-0.15, -0.1) is 0 Å². The molecule has 0 aliphatic carbocycles. The molecule has 0 unspecified atom stereocenters. The lowest BCUT2D eigenvalue weighted by molar-refractivity contribution is 0.0954. The maximum absolute atomic E-state index is 12.4. The first-order valence-electron chi connectivity index (χ1n) is 8.17. The summed E-state index contributed by atoms with van der Waals surface area (Å²) in [4.78, 5) is 21.6. The summed E-state index contributed by atoms with van der Waals surface area (Å²) in [7, 11) is 0. The van der Waals surface area contributed by atoms with Crippen LogP contribution in [-0.4, -0.2) is 15.9 Å². The average Bonchev–Trinajstić information content (AvgIpc) is 3.01. The highest BCUT2D eigenvalue weighted by atomic mass is 32.1. The Bertz CT molecular complexity index is 861. The standard InChI is InChI=1S/C19H20N4OS/c1-3-15-8-4-5-9-16(15)23-19-22-13(2)17(25-19)18(24)21-12-14-7-6-10-20-11-14/h4-11H,3,12H2,1-2H3,(H,21,24)(H,22,23). The van der Waals surface area contributed by atoms with Gasteiger partial charge in [-0.25, -0.2) is 4.98 Å². The van der Waals surface area contributed by atoms with E-state index in [1.165, 1.54) is 16.9 Å². The smallest absolute Gasteiger partial charge is 0.263 e. The van der Waals surface area contributed by atoms with Crippen LogP contribution in [0.3, 0.4) is 0 Å². The maximum Gasteiger partial charge on any atom is 0.263 e. The summed E-state index contributed by atoms with van der Waals surface area (Å²) in [5.74, 6) is -0.115. The molecular weight excluding hydrogens is 332 g/mol. The number of aromatic nitrogens is 2. The van der Waals surface area contributed by atoms with Crippen molar-refractivity contribution in [3.05, 3.63) is 70.5 Å². The Morgan fingerprint density at radius 2 is 2.04 bits per heavy atom. The zero-order chi connectivity index (χ0) is 17.6. The number of nitrogens with one attached hydrogen (secondary N) is 2. The second-order valence-corrected chi connectivity index (χ2v) is 6.61. The van der Waals surface area contributed by atoms with Crippen LogP contribution >= 0.6 is 11.3 Å². The predicted octanol–water partition coefficient (Wildman–Crippen LogP) is 4.08. The largest absolute Gasteiger partial charge is 0.347 e. The van der Waals surface area contributed by atoms with Crippen molar-refractivity contribution >= 4 is 28.1 Å². The summed E-state index contributed by atoms with van der Waals surface area (Å²) in [5.41, 5.74) is 3.94. The normalized spacial score (nSPS) is 10.5. The van der Waals surface area contributed by atoms with Crippen LogP contribution in [0.4, 0.5) is 10.8 Å². The molecule has 2 aromatic heterocycles. The minimum Gasteiger partial charge on any atom is -0.347 e. The number of hydrogen-bond acceptors (Lipinski definition) is 5. The lowest BCUT2D eigenvalue weighted by atomic mass is 10.1. The topological polar surface area (TPSA) is 66.9 Å². The van der Waals surface area contributed by atoms with Crippen LogP contribution in [0.15, 0.2) is 48.8 Å². The lowest BCUT2D eigenvalue weighted by Crippen LogP contribution is -2.22. The average molecular weight is 352 g/mol. The van der Waals surface area contributed by atoms with Gasteiger partial charge >= 0.3 is 0 Å². The minimum atomic E-state index is -0.115. The Morgan fingerprint density at radius 3 is 2.80 bits per heavy atom. The third kappa shape index (κ3) is 4.22. The Balaban J connectivity index is 1.70. The van der Waals surface area contributed by atoms with Crippen molar-refractivity contribution in [3.63, 3.8) is 0 Å². The van der Waals surface area contributed by atoms with Gasteiger partial charge in [-0.05, 0) is 36.6 Å². The molecule has 5 nitrogen and oxygen atoms in total. The van der Waals surface area contributed by atoms with E-state index in [9.17, 15) is 4.79 Å². The number of amides is 1. The molecular formula is C19H20N4OS. The van der Waals surface area contributed by atoms with Gasteiger partial charge in [-0.2, -0.15) is 0 Å². The molecule has 3 aromatic rings. The Kier molecular flexibility index (Phi) is 5.40. The zero-order valence-corrected chi connectivity index (χ0v) is 15.1. The van der Waals surface area contributed by atoms with Crippen LogP contribution in [0.25, 0.3) is 0 Å². The molecule has 0 aliphatic rings. The first-order chi connectivity index (χ1) is 12.2. The van der Waals surface area contributed by atoms with E-state index in [0.717, 1.165) is 28.5 Å². The molecule has 0 aliphatic heterocycles. The van der Waals surface area contributed by atoms with E-state index in [1.54, 1.807) is 12.4 Å². The molecule has 0 bridgehead atoms. The first-order valence-corrected chi connectivity index (χ1v) is 8.98. The molecule has 1 aromatic carbocycles. The Morgan fingerprint density at radius 1 is 1.20 bits per heavy atom. The molecule has 25 heavy (non-hydrogen) atoms. The van der Waals surface area contributed by atoms with E-state index < -0.39 is 0 Å². The maximum atomic E-state index is 12.4. The van der Waals surface area contributed by atoms with Crippen molar-refractivity contribution in [2.45, 2.75) is 26.8 Å². The summed E-state index contributed by atoms with van der Waals surface area (Å²) in [5, 5.41) is 6.98. The van der Waals surface area contributed by atoms with Crippen LogP contribution in [0, 0.1) is 6.92 Å². The van der Waals surface area contributed by atoms with Crippen molar-refractivity contribution < 1.29 is 4.79 Å². The Labute approximate surface area is 151 Å². The second-order valence-electron chi connectivity index (χ2n) is 5.61. The lowest BCUT2D eigenvalue weighted by Gasteiger charge is -2.07. The molecule has 0 saturated carbocycles. The van der Waals surface area contributed by atoms with Crippen molar-refractivity contribution in [1.82, 2.24) is 15.3 Å². The highest BCUT2D eigenvalue weighted by molar-refractivity contribution is 7.17. The van der Waals surface area contributed by atoms with E-state index in [1.807, 2.05) is 37.3 Å². The number of hydrogen-bond donors (Lipinski definition) is 2. The molecule has 0 radical (unpaired) electrons. The van der Waals surface area contributed by atoms with Gasteiger partial charge in [0.15, 0.2) is 5.13 Å². The van der Waals surface area contributed by atoms with Crippen LogP contribution < -0.4 is 10.6 Å². The number of para-hydroxylation sites is 1. The van der Waals surface area contributed by atoms with Crippen LogP contribution in [0.5, 0.6) is 0 Å². The SMILES string of the molecule is CCc1ccccc1Nc1nc(C)c(C(=O)NCc2cccnc2)s1. The number of nitrogens with zero attached hydrogens (tertiary/aromatic N) is 2. The number of anilines is 2. The summed E-state index contributed by atoms with van der Waals surface area (Å²) in [6.45, 7) is 4.42. The molecule has 6 heteroatoms.